The summed E-state index contributed by atoms with van der Waals surface area (Å²) in [4.78, 5) is 0. The first kappa shape index (κ1) is 14.0. The fraction of sp³-hybridized carbons (Fsp3) is 0.176. The third-order valence-corrected chi connectivity index (χ3v) is 3.08. The summed E-state index contributed by atoms with van der Waals surface area (Å²) < 4.78 is 5.36. The van der Waals surface area contributed by atoms with Gasteiger partial charge in [0, 0.05) is 11.1 Å². The van der Waals surface area contributed by atoms with Crippen LogP contribution in [0.1, 0.15) is 18.1 Å². The average Bonchev–Trinajstić information content (AvgIpc) is 2.48. The van der Waals surface area contributed by atoms with Gasteiger partial charge in [-0.3, -0.25) is 0 Å². The number of phenols is 1. The van der Waals surface area contributed by atoms with Crippen molar-refractivity contribution >= 4 is 0 Å². The number of terminal acetylenes is 1. The summed E-state index contributed by atoms with van der Waals surface area (Å²) in [6.45, 7) is 2.48. The van der Waals surface area contributed by atoms with Crippen LogP contribution in [-0.2, 0) is 5.60 Å². The number of ether oxygens (including phenoxy) is 1. The zero-order valence-electron chi connectivity index (χ0n) is 11.2. The molecule has 0 aliphatic rings. The van der Waals surface area contributed by atoms with Gasteiger partial charge in [0.15, 0.2) is 5.60 Å². The maximum Gasteiger partial charge on any atom is 0.176 e. The minimum atomic E-state index is -1.53. The molecule has 0 aliphatic carbocycles. The molecule has 0 heterocycles. The van der Waals surface area contributed by atoms with E-state index in [-0.39, 0.29) is 5.75 Å². The summed E-state index contributed by atoms with van der Waals surface area (Å²) >= 11 is 0. The first-order valence-electron chi connectivity index (χ1n) is 6.33. The van der Waals surface area contributed by atoms with Crippen LogP contribution in [0, 0.1) is 12.3 Å². The molecule has 0 saturated carbocycles. The lowest BCUT2D eigenvalue weighted by Gasteiger charge is -2.23. The summed E-state index contributed by atoms with van der Waals surface area (Å²) in [6, 6.07) is 13.2. The van der Waals surface area contributed by atoms with Crippen molar-refractivity contribution in [2.45, 2.75) is 12.5 Å². The molecule has 0 bridgehead atoms. The number of phenolic OH excluding ortho intramolecular Hbond substituents is 1. The van der Waals surface area contributed by atoms with E-state index in [0.29, 0.717) is 17.7 Å². The van der Waals surface area contributed by atoms with Crippen LogP contribution in [0.2, 0.25) is 0 Å². The number of rotatable bonds is 4. The van der Waals surface area contributed by atoms with Gasteiger partial charge in [-0.05, 0) is 31.2 Å². The van der Waals surface area contributed by atoms with Crippen molar-refractivity contribution in [3.63, 3.8) is 0 Å². The monoisotopic (exact) mass is 268 g/mol. The first-order valence-corrected chi connectivity index (χ1v) is 6.33. The second kappa shape index (κ2) is 5.68. The van der Waals surface area contributed by atoms with E-state index in [1.54, 1.807) is 36.4 Å². The summed E-state index contributed by atoms with van der Waals surface area (Å²) in [7, 11) is 0. The van der Waals surface area contributed by atoms with Crippen LogP contribution in [0.25, 0.3) is 0 Å². The van der Waals surface area contributed by atoms with E-state index < -0.39 is 5.60 Å². The Labute approximate surface area is 118 Å². The highest BCUT2D eigenvalue weighted by Gasteiger charge is 2.29. The molecule has 0 saturated heterocycles. The molecule has 0 spiro atoms. The zero-order valence-corrected chi connectivity index (χ0v) is 11.2. The van der Waals surface area contributed by atoms with Gasteiger partial charge in [-0.25, -0.2) is 0 Å². The molecule has 0 fully saturated rings. The molecular weight excluding hydrogens is 252 g/mol. The van der Waals surface area contributed by atoms with Crippen molar-refractivity contribution in [2.24, 2.45) is 0 Å². The highest BCUT2D eigenvalue weighted by atomic mass is 16.5. The van der Waals surface area contributed by atoms with Gasteiger partial charge >= 0.3 is 0 Å². The van der Waals surface area contributed by atoms with Crippen LogP contribution in [0.15, 0.2) is 48.5 Å². The molecule has 0 aliphatic heterocycles. The first-order chi connectivity index (χ1) is 9.60. The molecule has 2 aromatic rings. The van der Waals surface area contributed by atoms with E-state index in [1.807, 2.05) is 6.92 Å². The van der Waals surface area contributed by atoms with Crippen LogP contribution >= 0.6 is 0 Å². The van der Waals surface area contributed by atoms with E-state index in [4.69, 9.17) is 11.2 Å². The van der Waals surface area contributed by atoms with Crippen molar-refractivity contribution in [1.82, 2.24) is 0 Å². The van der Waals surface area contributed by atoms with Crippen LogP contribution in [-0.4, -0.2) is 16.8 Å². The predicted molar refractivity (Wildman–Crippen MR) is 77.5 cm³/mol. The van der Waals surface area contributed by atoms with Gasteiger partial charge in [0.2, 0.25) is 0 Å². The van der Waals surface area contributed by atoms with Crippen molar-refractivity contribution in [2.75, 3.05) is 6.61 Å². The molecule has 2 aromatic carbocycles. The smallest absolute Gasteiger partial charge is 0.176 e. The van der Waals surface area contributed by atoms with E-state index in [1.165, 1.54) is 12.1 Å². The molecule has 0 amide bonds. The van der Waals surface area contributed by atoms with Crippen LogP contribution < -0.4 is 4.74 Å². The molecule has 20 heavy (non-hydrogen) atoms. The largest absolute Gasteiger partial charge is 0.508 e. The topological polar surface area (TPSA) is 49.7 Å². The normalized spacial score (nSPS) is 13.2. The Hall–Kier alpha value is -2.44. The predicted octanol–water partition coefficient (Wildman–Crippen LogP) is 2.66. The van der Waals surface area contributed by atoms with Crippen LogP contribution in [0.3, 0.4) is 0 Å². The molecule has 2 rings (SSSR count). The molecule has 0 radical (unpaired) electrons. The molecule has 3 nitrogen and oxygen atoms in total. The Morgan fingerprint density at radius 1 is 1.05 bits per heavy atom. The van der Waals surface area contributed by atoms with Gasteiger partial charge in [0.25, 0.3) is 0 Å². The summed E-state index contributed by atoms with van der Waals surface area (Å²) in [6.07, 6.45) is 5.51. The Morgan fingerprint density at radius 3 is 2.00 bits per heavy atom. The number of aliphatic hydroxyl groups is 1. The van der Waals surface area contributed by atoms with Crippen molar-refractivity contribution in [1.29, 1.82) is 0 Å². The Morgan fingerprint density at radius 2 is 1.55 bits per heavy atom. The lowest BCUT2D eigenvalue weighted by Crippen LogP contribution is -2.24. The van der Waals surface area contributed by atoms with E-state index in [0.717, 1.165) is 5.75 Å². The van der Waals surface area contributed by atoms with Gasteiger partial charge in [0.1, 0.15) is 11.5 Å². The van der Waals surface area contributed by atoms with E-state index >= 15 is 0 Å². The van der Waals surface area contributed by atoms with E-state index in [9.17, 15) is 10.2 Å². The summed E-state index contributed by atoms with van der Waals surface area (Å²) in [5, 5.41) is 20.0. The van der Waals surface area contributed by atoms with Crippen molar-refractivity contribution < 1.29 is 14.9 Å². The molecule has 1 atom stereocenters. The van der Waals surface area contributed by atoms with Crippen molar-refractivity contribution in [3.8, 4) is 23.8 Å². The molecule has 102 valence electrons. The van der Waals surface area contributed by atoms with E-state index in [2.05, 4.69) is 5.92 Å². The van der Waals surface area contributed by atoms with Gasteiger partial charge in [0.05, 0.1) is 6.61 Å². The molecule has 1 unspecified atom stereocenters. The Kier molecular flexibility index (Phi) is 3.97. The molecule has 2 N–H and O–H groups in total. The minimum Gasteiger partial charge on any atom is -0.508 e. The molecular formula is C17H16O3. The lowest BCUT2D eigenvalue weighted by atomic mass is 9.87. The highest BCUT2D eigenvalue weighted by molar-refractivity contribution is 5.46. The van der Waals surface area contributed by atoms with Crippen molar-refractivity contribution in [3.05, 3.63) is 59.7 Å². The van der Waals surface area contributed by atoms with Gasteiger partial charge < -0.3 is 14.9 Å². The second-order valence-electron chi connectivity index (χ2n) is 4.36. The third-order valence-electron chi connectivity index (χ3n) is 3.08. The Bertz CT molecular complexity index is 608. The minimum absolute atomic E-state index is 0.125. The quantitative estimate of drug-likeness (QED) is 0.838. The molecule has 3 heteroatoms. The maximum atomic E-state index is 10.7. The SMILES string of the molecule is C#CC(O)(c1ccc(O)cc1)c1ccc(OCC)cc1. The Balaban J connectivity index is 2.40. The number of aromatic hydroxyl groups is 1. The second-order valence-corrected chi connectivity index (χ2v) is 4.36. The van der Waals surface area contributed by atoms with Gasteiger partial charge in [-0.15, -0.1) is 6.42 Å². The highest BCUT2D eigenvalue weighted by Crippen LogP contribution is 2.31. The van der Waals surface area contributed by atoms with Crippen LogP contribution in [0.5, 0.6) is 11.5 Å². The van der Waals surface area contributed by atoms with Gasteiger partial charge in [-0.2, -0.15) is 0 Å². The lowest BCUT2D eigenvalue weighted by molar-refractivity contribution is 0.145. The van der Waals surface area contributed by atoms with Crippen LogP contribution in [0.4, 0.5) is 0 Å². The number of hydrogen-bond acceptors (Lipinski definition) is 3. The maximum absolute atomic E-state index is 10.7. The zero-order chi connectivity index (χ0) is 14.6. The molecule has 0 aromatic heterocycles. The fourth-order valence-corrected chi connectivity index (χ4v) is 1.99. The van der Waals surface area contributed by atoms with Gasteiger partial charge in [-0.1, -0.05) is 30.2 Å². The summed E-state index contributed by atoms with van der Waals surface area (Å²) in [5.41, 5.74) is -0.422. The third kappa shape index (κ3) is 2.61. The number of benzene rings is 2. The standard InChI is InChI=1S/C17H16O3/c1-3-17(19,13-5-9-15(18)10-6-13)14-7-11-16(12-8-14)20-4-2/h1,5-12,18-19H,4H2,2H3. The average molecular weight is 268 g/mol. The number of hydrogen-bond donors (Lipinski definition) is 2. The fourth-order valence-electron chi connectivity index (χ4n) is 1.99. The summed E-state index contributed by atoms with van der Waals surface area (Å²) in [5.74, 6) is 3.26.